The van der Waals surface area contributed by atoms with E-state index >= 15 is 0 Å². The second-order valence-electron chi connectivity index (χ2n) is 5.82. The standard InChI is InChI=1S/C20H20ClN3O3/c1-26-18-13-15(12-17(21)19(18)27-2)20(25)22-10-8-14-4-6-16(7-5-14)24-11-3-9-23-24/h3-7,9,11-13H,8,10H2,1-2H3,(H,22,25). The lowest BCUT2D eigenvalue weighted by Gasteiger charge is -2.12. The van der Waals surface area contributed by atoms with Gasteiger partial charge in [-0.15, -0.1) is 0 Å². The minimum absolute atomic E-state index is 0.217. The predicted molar refractivity (Wildman–Crippen MR) is 104 cm³/mol. The van der Waals surface area contributed by atoms with Gasteiger partial charge in [0.2, 0.25) is 0 Å². The molecule has 0 bridgehead atoms. The molecule has 0 unspecified atom stereocenters. The van der Waals surface area contributed by atoms with Gasteiger partial charge in [0, 0.05) is 24.5 Å². The predicted octanol–water partition coefficient (Wildman–Crippen LogP) is 3.52. The van der Waals surface area contributed by atoms with Gasteiger partial charge in [-0.3, -0.25) is 4.79 Å². The maximum atomic E-state index is 12.4. The average Bonchev–Trinajstić information content (AvgIpc) is 3.22. The van der Waals surface area contributed by atoms with Gasteiger partial charge < -0.3 is 14.8 Å². The fraction of sp³-hybridized carbons (Fsp3) is 0.200. The summed E-state index contributed by atoms with van der Waals surface area (Å²) in [4.78, 5) is 12.4. The van der Waals surface area contributed by atoms with Crippen LogP contribution in [0.1, 0.15) is 15.9 Å². The number of amides is 1. The molecule has 0 saturated carbocycles. The van der Waals surface area contributed by atoms with Crippen LogP contribution in [0.25, 0.3) is 5.69 Å². The third kappa shape index (κ3) is 4.41. The van der Waals surface area contributed by atoms with Crippen molar-refractivity contribution in [2.75, 3.05) is 20.8 Å². The van der Waals surface area contributed by atoms with Gasteiger partial charge in [0.25, 0.3) is 5.91 Å². The Morgan fingerprint density at radius 3 is 2.59 bits per heavy atom. The molecule has 0 atom stereocenters. The van der Waals surface area contributed by atoms with Crippen molar-refractivity contribution in [2.24, 2.45) is 0 Å². The maximum Gasteiger partial charge on any atom is 0.251 e. The number of ether oxygens (including phenoxy) is 2. The van der Waals surface area contributed by atoms with E-state index < -0.39 is 0 Å². The fourth-order valence-electron chi connectivity index (χ4n) is 2.71. The van der Waals surface area contributed by atoms with Crippen LogP contribution < -0.4 is 14.8 Å². The molecule has 7 heteroatoms. The van der Waals surface area contributed by atoms with Crippen LogP contribution in [0, 0.1) is 0 Å². The largest absolute Gasteiger partial charge is 0.493 e. The minimum atomic E-state index is -0.217. The zero-order valence-electron chi connectivity index (χ0n) is 15.1. The molecular formula is C20H20ClN3O3. The zero-order valence-corrected chi connectivity index (χ0v) is 15.9. The van der Waals surface area contributed by atoms with E-state index in [9.17, 15) is 4.79 Å². The van der Waals surface area contributed by atoms with Gasteiger partial charge in [-0.25, -0.2) is 4.68 Å². The average molecular weight is 386 g/mol. The molecule has 0 radical (unpaired) electrons. The number of benzene rings is 2. The van der Waals surface area contributed by atoms with Gasteiger partial charge in [0.15, 0.2) is 11.5 Å². The number of rotatable bonds is 7. The summed E-state index contributed by atoms with van der Waals surface area (Å²) in [5, 5.41) is 7.42. The van der Waals surface area contributed by atoms with Crippen LogP contribution in [0.2, 0.25) is 5.02 Å². The Kier molecular flexibility index (Phi) is 5.98. The first-order valence-electron chi connectivity index (χ1n) is 8.41. The van der Waals surface area contributed by atoms with Crippen molar-refractivity contribution in [3.8, 4) is 17.2 Å². The first-order valence-corrected chi connectivity index (χ1v) is 8.79. The number of carbonyl (C=O) groups excluding carboxylic acids is 1. The van der Waals surface area contributed by atoms with Gasteiger partial charge in [-0.05, 0) is 42.3 Å². The van der Waals surface area contributed by atoms with Gasteiger partial charge in [-0.1, -0.05) is 23.7 Å². The van der Waals surface area contributed by atoms with E-state index in [0.717, 1.165) is 11.3 Å². The van der Waals surface area contributed by atoms with Crippen LogP contribution >= 0.6 is 11.6 Å². The number of hydrogen-bond acceptors (Lipinski definition) is 4. The van der Waals surface area contributed by atoms with Gasteiger partial charge in [0.05, 0.1) is 24.9 Å². The minimum Gasteiger partial charge on any atom is -0.493 e. The first kappa shape index (κ1) is 18.8. The highest BCUT2D eigenvalue weighted by atomic mass is 35.5. The molecule has 3 aromatic rings. The summed E-state index contributed by atoms with van der Waals surface area (Å²) in [5.41, 5.74) is 2.54. The summed E-state index contributed by atoms with van der Waals surface area (Å²) < 4.78 is 12.2. The van der Waals surface area contributed by atoms with Crippen molar-refractivity contribution < 1.29 is 14.3 Å². The zero-order chi connectivity index (χ0) is 19.2. The summed E-state index contributed by atoms with van der Waals surface area (Å²) in [6.45, 7) is 0.506. The molecule has 1 amide bonds. The molecule has 0 aliphatic carbocycles. The van der Waals surface area contributed by atoms with Crippen molar-refractivity contribution >= 4 is 17.5 Å². The molecule has 1 aromatic heterocycles. The first-order chi connectivity index (χ1) is 13.1. The summed E-state index contributed by atoms with van der Waals surface area (Å²) in [6.07, 6.45) is 4.35. The van der Waals surface area contributed by atoms with Crippen LogP contribution in [0.4, 0.5) is 0 Å². The number of carbonyl (C=O) groups is 1. The van der Waals surface area contributed by atoms with E-state index in [4.69, 9.17) is 21.1 Å². The Morgan fingerprint density at radius 1 is 1.19 bits per heavy atom. The molecule has 1 heterocycles. The Labute approximate surface area is 162 Å². The third-order valence-electron chi connectivity index (χ3n) is 4.10. The number of nitrogens with one attached hydrogen (secondary N) is 1. The van der Waals surface area contributed by atoms with Crippen molar-refractivity contribution in [1.82, 2.24) is 15.1 Å². The molecule has 27 heavy (non-hydrogen) atoms. The highest BCUT2D eigenvalue weighted by Crippen LogP contribution is 2.35. The van der Waals surface area contributed by atoms with E-state index in [-0.39, 0.29) is 5.91 Å². The SMILES string of the molecule is COc1cc(C(=O)NCCc2ccc(-n3cccn3)cc2)cc(Cl)c1OC. The van der Waals surface area contributed by atoms with Crippen LogP contribution in [0.15, 0.2) is 54.9 Å². The number of nitrogens with zero attached hydrogens (tertiary/aromatic N) is 2. The molecule has 3 rings (SSSR count). The summed E-state index contributed by atoms with van der Waals surface area (Å²) >= 11 is 6.15. The number of methoxy groups -OCH3 is 2. The van der Waals surface area contributed by atoms with Gasteiger partial charge in [0.1, 0.15) is 0 Å². The van der Waals surface area contributed by atoms with E-state index in [1.165, 1.54) is 14.2 Å². The van der Waals surface area contributed by atoms with E-state index in [0.29, 0.717) is 35.1 Å². The Morgan fingerprint density at radius 2 is 1.96 bits per heavy atom. The topological polar surface area (TPSA) is 65.4 Å². The molecule has 0 saturated heterocycles. The molecule has 0 aliphatic heterocycles. The molecule has 1 N–H and O–H groups in total. The molecule has 0 spiro atoms. The number of hydrogen-bond donors (Lipinski definition) is 1. The van der Waals surface area contributed by atoms with Crippen molar-refractivity contribution in [3.05, 3.63) is 71.0 Å². The van der Waals surface area contributed by atoms with Gasteiger partial charge >= 0.3 is 0 Å². The van der Waals surface area contributed by atoms with Gasteiger partial charge in [-0.2, -0.15) is 5.10 Å². The molecule has 6 nitrogen and oxygen atoms in total. The van der Waals surface area contributed by atoms with Crippen LogP contribution in [0.3, 0.4) is 0 Å². The quantitative estimate of drug-likeness (QED) is 0.675. The van der Waals surface area contributed by atoms with Crippen molar-refractivity contribution in [1.29, 1.82) is 0 Å². The summed E-state index contributed by atoms with van der Waals surface area (Å²) in [5.74, 6) is 0.614. The molecular weight excluding hydrogens is 366 g/mol. The Bertz CT molecular complexity index is 909. The van der Waals surface area contributed by atoms with E-state index in [1.54, 1.807) is 23.0 Å². The summed E-state index contributed by atoms with van der Waals surface area (Å²) in [6, 6.07) is 13.1. The van der Waals surface area contributed by atoms with Crippen molar-refractivity contribution in [3.63, 3.8) is 0 Å². The smallest absolute Gasteiger partial charge is 0.251 e. The van der Waals surface area contributed by atoms with Crippen LogP contribution in [-0.4, -0.2) is 36.5 Å². The molecule has 140 valence electrons. The normalized spacial score (nSPS) is 10.5. The van der Waals surface area contributed by atoms with Crippen LogP contribution in [0.5, 0.6) is 11.5 Å². The lowest BCUT2D eigenvalue weighted by atomic mass is 10.1. The van der Waals surface area contributed by atoms with Crippen molar-refractivity contribution in [2.45, 2.75) is 6.42 Å². The molecule has 0 aliphatic rings. The monoisotopic (exact) mass is 385 g/mol. The lowest BCUT2D eigenvalue weighted by Crippen LogP contribution is -2.25. The summed E-state index contributed by atoms with van der Waals surface area (Å²) in [7, 11) is 3.00. The Hall–Kier alpha value is -2.99. The molecule has 2 aromatic carbocycles. The third-order valence-corrected chi connectivity index (χ3v) is 4.38. The number of halogens is 1. The Balaban J connectivity index is 1.59. The van der Waals surface area contributed by atoms with E-state index in [1.807, 2.05) is 36.5 Å². The maximum absolute atomic E-state index is 12.4. The molecule has 0 fully saturated rings. The fourth-order valence-corrected chi connectivity index (χ4v) is 3.00. The van der Waals surface area contributed by atoms with E-state index in [2.05, 4.69) is 10.4 Å². The number of aromatic nitrogens is 2. The van der Waals surface area contributed by atoms with Crippen LogP contribution in [-0.2, 0) is 6.42 Å². The highest BCUT2D eigenvalue weighted by Gasteiger charge is 2.15. The second-order valence-corrected chi connectivity index (χ2v) is 6.22. The lowest BCUT2D eigenvalue weighted by molar-refractivity contribution is 0.0953. The highest BCUT2D eigenvalue weighted by molar-refractivity contribution is 6.32. The second kappa shape index (κ2) is 8.60.